The van der Waals surface area contributed by atoms with Crippen molar-refractivity contribution in [3.05, 3.63) is 0 Å². The van der Waals surface area contributed by atoms with E-state index in [0.29, 0.717) is 6.42 Å². The highest BCUT2D eigenvalue weighted by molar-refractivity contribution is 5.85. The molecule has 1 fully saturated rings. The number of esters is 1. The summed E-state index contributed by atoms with van der Waals surface area (Å²) in [7, 11) is 1.33. The van der Waals surface area contributed by atoms with E-state index < -0.39 is 6.04 Å². The van der Waals surface area contributed by atoms with Gasteiger partial charge in [0.05, 0.1) is 7.11 Å². The first kappa shape index (κ1) is 13.0. The average molecular weight is 228 g/mol. The van der Waals surface area contributed by atoms with Gasteiger partial charge >= 0.3 is 5.97 Å². The van der Waals surface area contributed by atoms with Crippen molar-refractivity contribution < 1.29 is 14.3 Å². The fraction of sp³-hybridized carbons (Fsp3) is 0.818. The SMILES string of the molecule is CCC(NC(=O)C1CCNCC1)C(=O)OC. The molecule has 0 aromatic rings. The van der Waals surface area contributed by atoms with Crippen molar-refractivity contribution in [3.8, 4) is 0 Å². The topological polar surface area (TPSA) is 67.4 Å². The summed E-state index contributed by atoms with van der Waals surface area (Å²) in [6.07, 6.45) is 2.23. The number of methoxy groups -OCH3 is 1. The van der Waals surface area contributed by atoms with Crippen LogP contribution in [0.15, 0.2) is 0 Å². The lowest BCUT2D eigenvalue weighted by molar-refractivity contribution is -0.145. The minimum absolute atomic E-state index is 0.0277. The second-order valence-electron chi connectivity index (χ2n) is 4.02. The molecule has 1 rings (SSSR count). The van der Waals surface area contributed by atoms with Crippen molar-refractivity contribution in [2.45, 2.75) is 32.2 Å². The van der Waals surface area contributed by atoms with Gasteiger partial charge in [-0.2, -0.15) is 0 Å². The summed E-state index contributed by atoms with van der Waals surface area (Å²) >= 11 is 0. The first-order valence-corrected chi connectivity index (χ1v) is 5.78. The number of amides is 1. The Bertz CT molecular complexity index is 250. The van der Waals surface area contributed by atoms with Crippen LogP contribution in [0.4, 0.5) is 0 Å². The predicted octanol–water partition coefficient (Wildman–Crippen LogP) is 0.0538. The van der Waals surface area contributed by atoms with Crippen LogP contribution in [0.2, 0.25) is 0 Å². The van der Waals surface area contributed by atoms with Crippen LogP contribution >= 0.6 is 0 Å². The Morgan fingerprint density at radius 1 is 1.44 bits per heavy atom. The zero-order chi connectivity index (χ0) is 12.0. The number of nitrogens with one attached hydrogen (secondary N) is 2. The first-order chi connectivity index (χ1) is 7.69. The monoisotopic (exact) mass is 228 g/mol. The van der Waals surface area contributed by atoms with Gasteiger partial charge in [-0.15, -0.1) is 0 Å². The highest BCUT2D eigenvalue weighted by Gasteiger charge is 2.25. The molecule has 1 unspecified atom stereocenters. The Balaban J connectivity index is 2.44. The second-order valence-corrected chi connectivity index (χ2v) is 4.02. The maximum absolute atomic E-state index is 11.8. The molecule has 2 N–H and O–H groups in total. The van der Waals surface area contributed by atoms with E-state index in [-0.39, 0.29) is 17.8 Å². The second kappa shape index (κ2) is 6.48. The zero-order valence-corrected chi connectivity index (χ0v) is 9.91. The van der Waals surface area contributed by atoms with Crippen molar-refractivity contribution in [2.24, 2.45) is 5.92 Å². The van der Waals surface area contributed by atoms with Crippen LogP contribution in [0.5, 0.6) is 0 Å². The molecule has 0 aliphatic carbocycles. The van der Waals surface area contributed by atoms with Crippen molar-refractivity contribution in [1.82, 2.24) is 10.6 Å². The fourth-order valence-electron chi connectivity index (χ4n) is 1.84. The third-order valence-electron chi connectivity index (χ3n) is 2.92. The number of hydrogen-bond acceptors (Lipinski definition) is 4. The normalized spacial score (nSPS) is 18.9. The Kier molecular flexibility index (Phi) is 5.25. The summed E-state index contributed by atoms with van der Waals surface area (Å²) < 4.78 is 4.63. The van der Waals surface area contributed by atoms with Gasteiger partial charge < -0.3 is 15.4 Å². The third-order valence-corrected chi connectivity index (χ3v) is 2.92. The van der Waals surface area contributed by atoms with Gasteiger partial charge in [0.1, 0.15) is 6.04 Å². The van der Waals surface area contributed by atoms with Crippen LogP contribution in [0.1, 0.15) is 26.2 Å². The molecule has 0 spiro atoms. The molecule has 0 radical (unpaired) electrons. The van der Waals surface area contributed by atoms with Crippen LogP contribution in [0, 0.1) is 5.92 Å². The highest BCUT2D eigenvalue weighted by atomic mass is 16.5. The van der Waals surface area contributed by atoms with Crippen LogP contribution < -0.4 is 10.6 Å². The van der Waals surface area contributed by atoms with Gasteiger partial charge in [0.15, 0.2) is 0 Å². The summed E-state index contributed by atoms with van der Waals surface area (Å²) in [5.74, 6) is -0.372. The Hall–Kier alpha value is -1.10. The molecule has 1 aliphatic heterocycles. The third kappa shape index (κ3) is 3.48. The summed E-state index contributed by atoms with van der Waals surface area (Å²) in [6, 6.07) is -0.507. The Morgan fingerprint density at radius 2 is 2.06 bits per heavy atom. The van der Waals surface area contributed by atoms with E-state index in [4.69, 9.17) is 0 Å². The van der Waals surface area contributed by atoms with Crippen molar-refractivity contribution >= 4 is 11.9 Å². The van der Waals surface area contributed by atoms with E-state index in [1.165, 1.54) is 7.11 Å². The van der Waals surface area contributed by atoms with Gasteiger partial charge in [0.2, 0.25) is 5.91 Å². The number of rotatable bonds is 4. The summed E-state index contributed by atoms with van der Waals surface area (Å²) in [5.41, 5.74) is 0. The largest absolute Gasteiger partial charge is 0.467 e. The molecule has 1 heterocycles. The van der Waals surface area contributed by atoms with Crippen LogP contribution in [0.3, 0.4) is 0 Å². The fourth-order valence-corrected chi connectivity index (χ4v) is 1.84. The molecule has 92 valence electrons. The van der Waals surface area contributed by atoms with Crippen molar-refractivity contribution in [3.63, 3.8) is 0 Å². The molecular formula is C11H20N2O3. The van der Waals surface area contributed by atoms with E-state index >= 15 is 0 Å². The van der Waals surface area contributed by atoms with Gasteiger partial charge in [-0.1, -0.05) is 6.92 Å². The van der Waals surface area contributed by atoms with Gasteiger partial charge in [0.25, 0.3) is 0 Å². The first-order valence-electron chi connectivity index (χ1n) is 5.78. The molecule has 5 nitrogen and oxygen atoms in total. The molecule has 1 saturated heterocycles. The lowest BCUT2D eigenvalue weighted by Gasteiger charge is -2.23. The van der Waals surface area contributed by atoms with E-state index in [1.54, 1.807) is 0 Å². The maximum atomic E-state index is 11.8. The molecule has 0 aromatic heterocycles. The lowest BCUT2D eigenvalue weighted by Crippen LogP contribution is -2.46. The van der Waals surface area contributed by atoms with Crippen molar-refractivity contribution in [1.29, 1.82) is 0 Å². The van der Waals surface area contributed by atoms with E-state index in [0.717, 1.165) is 25.9 Å². The zero-order valence-electron chi connectivity index (χ0n) is 9.91. The molecule has 1 aliphatic rings. The summed E-state index contributed by atoms with van der Waals surface area (Å²) in [4.78, 5) is 23.2. The molecule has 5 heteroatoms. The van der Waals surface area contributed by atoms with Gasteiger partial charge in [-0.25, -0.2) is 4.79 Å². The van der Waals surface area contributed by atoms with Crippen LogP contribution in [0.25, 0.3) is 0 Å². The molecule has 0 saturated carbocycles. The molecule has 1 atom stereocenters. The summed E-state index contributed by atoms with van der Waals surface area (Å²) in [5, 5.41) is 5.95. The van der Waals surface area contributed by atoms with Crippen LogP contribution in [-0.2, 0) is 14.3 Å². The Labute approximate surface area is 95.9 Å². The van der Waals surface area contributed by atoms with Crippen molar-refractivity contribution in [2.75, 3.05) is 20.2 Å². The maximum Gasteiger partial charge on any atom is 0.328 e. The predicted molar refractivity (Wildman–Crippen MR) is 59.8 cm³/mol. The van der Waals surface area contributed by atoms with E-state index in [9.17, 15) is 9.59 Å². The lowest BCUT2D eigenvalue weighted by atomic mass is 9.97. The van der Waals surface area contributed by atoms with E-state index in [2.05, 4.69) is 15.4 Å². The number of carbonyl (C=O) groups is 2. The number of ether oxygens (including phenoxy) is 1. The number of hydrogen-bond donors (Lipinski definition) is 2. The standard InChI is InChI=1S/C11H20N2O3/c1-3-9(11(15)16-2)13-10(14)8-4-6-12-7-5-8/h8-9,12H,3-7H2,1-2H3,(H,13,14). The minimum atomic E-state index is -0.507. The smallest absolute Gasteiger partial charge is 0.328 e. The molecular weight excluding hydrogens is 208 g/mol. The van der Waals surface area contributed by atoms with Gasteiger partial charge in [-0.3, -0.25) is 4.79 Å². The van der Waals surface area contributed by atoms with Gasteiger partial charge in [-0.05, 0) is 32.4 Å². The average Bonchev–Trinajstić information content (AvgIpc) is 2.35. The molecule has 0 bridgehead atoms. The highest BCUT2D eigenvalue weighted by Crippen LogP contribution is 2.12. The van der Waals surface area contributed by atoms with E-state index in [1.807, 2.05) is 6.92 Å². The van der Waals surface area contributed by atoms with Crippen LogP contribution in [-0.4, -0.2) is 38.1 Å². The molecule has 1 amide bonds. The number of carbonyl (C=O) groups excluding carboxylic acids is 2. The molecule has 16 heavy (non-hydrogen) atoms. The number of piperidine rings is 1. The van der Waals surface area contributed by atoms with Gasteiger partial charge in [0, 0.05) is 5.92 Å². The molecule has 0 aromatic carbocycles. The Morgan fingerprint density at radius 3 is 2.56 bits per heavy atom. The summed E-state index contributed by atoms with van der Waals surface area (Å²) in [6.45, 7) is 3.59. The quantitative estimate of drug-likeness (QED) is 0.667. The minimum Gasteiger partial charge on any atom is -0.467 e.